The zero-order valence-electron chi connectivity index (χ0n) is 11.9. The van der Waals surface area contributed by atoms with Gasteiger partial charge in [-0.1, -0.05) is 0 Å². The molecule has 2 rings (SSSR count). The van der Waals surface area contributed by atoms with Crippen molar-refractivity contribution in [2.75, 3.05) is 20.8 Å². The van der Waals surface area contributed by atoms with Gasteiger partial charge >= 0.3 is 0 Å². The van der Waals surface area contributed by atoms with Gasteiger partial charge in [0.05, 0.1) is 14.2 Å². The lowest BCUT2D eigenvalue weighted by Gasteiger charge is -2.18. The number of amides is 1. The Balaban J connectivity index is 2.11. The number of methoxy groups -OCH3 is 2. The molecule has 1 heterocycles. The summed E-state index contributed by atoms with van der Waals surface area (Å²) in [6.45, 7) is 0.635. The third-order valence-corrected chi connectivity index (χ3v) is 3.46. The number of nitrogens with zero attached hydrogens (tertiary/aromatic N) is 1. The number of carbonyl (C=O) groups excluding carboxylic acids is 1. The first kappa shape index (κ1) is 15.3. The number of benzene rings is 1. The van der Waals surface area contributed by atoms with E-state index in [-0.39, 0.29) is 12.3 Å². The average molecular weight is 297 g/mol. The zero-order valence-corrected chi connectivity index (χ0v) is 11.9. The summed E-state index contributed by atoms with van der Waals surface area (Å²) in [4.78, 5) is 13.4. The molecular weight excluding hydrogens is 280 g/mol. The van der Waals surface area contributed by atoms with Crippen molar-refractivity contribution in [3.8, 4) is 11.5 Å². The molecule has 0 N–H and O–H groups in total. The van der Waals surface area contributed by atoms with Crippen LogP contribution in [0.15, 0.2) is 30.4 Å². The number of rotatable bonds is 5. The third-order valence-electron chi connectivity index (χ3n) is 3.46. The highest BCUT2D eigenvalue weighted by Crippen LogP contribution is 2.28. The van der Waals surface area contributed by atoms with Gasteiger partial charge in [0.15, 0.2) is 0 Å². The van der Waals surface area contributed by atoms with Crippen LogP contribution in [-0.4, -0.2) is 31.6 Å². The third kappa shape index (κ3) is 3.71. The molecule has 4 nitrogen and oxygen atoms in total. The second-order valence-corrected chi connectivity index (χ2v) is 4.87. The number of halogens is 2. The molecule has 6 heteroatoms. The molecule has 1 atom stereocenters. The molecule has 0 saturated carbocycles. The van der Waals surface area contributed by atoms with E-state index < -0.39 is 12.0 Å². The van der Waals surface area contributed by atoms with Crippen LogP contribution in [0.5, 0.6) is 11.5 Å². The van der Waals surface area contributed by atoms with Crippen molar-refractivity contribution < 1.29 is 23.0 Å². The van der Waals surface area contributed by atoms with E-state index in [2.05, 4.69) is 0 Å². The SMILES string of the molecule is COc1ccc(CN2CC(C=C(F)F)CC2=O)c(OC)c1. The summed E-state index contributed by atoms with van der Waals surface area (Å²) in [5.41, 5.74) is 0.817. The fraction of sp³-hybridized carbons (Fsp3) is 0.400. The van der Waals surface area contributed by atoms with E-state index in [1.807, 2.05) is 6.07 Å². The normalized spacial score (nSPS) is 17.8. The Morgan fingerprint density at radius 1 is 1.38 bits per heavy atom. The molecule has 0 bridgehead atoms. The molecule has 1 unspecified atom stereocenters. The molecule has 0 radical (unpaired) electrons. The molecular formula is C15H17F2NO3. The summed E-state index contributed by atoms with van der Waals surface area (Å²) in [6.07, 6.45) is -0.768. The highest BCUT2D eigenvalue weighted by molar-refractivity contribution is 5.79. The van der Waals surface area contributed by atoms with Gasteiger partial charge < -0.3 is 14.4 Å². The van der Waals surface area contributed by atoms with Crippen molar-refractivity contribution in [1.29, 1.82) is 0 Å². The number of hydrogen-bond donors (Lipinski definition) is 0. The summed E-state index contributed by atoms with van der Waals surface area (Å²) in [7, 11) is 3.09. The van der Waals surface area contributed by atoms with Crippen molar-refractivity contribution in [2.45, 2.75) is 13.0 Å². The van der Waals surface area contributed by atoms with Crippen molar-refractivity contribution in [1.82, 2.24) is 4.90 Å². The van der Waals surface area contributed by atoms with Crippen LogP contribution in [0.4, 0.5) is 8.78 Å². The molecule has 1 aromatic rings. The van der Waals surface area contributed by atoms with Gasteiger partial charge in [-0.15, -0.1) is 0 Å². The monoisotopic (exact) mass is 297 g/mol. The van der Waals surface area contributed by atoms with Gasteiger partial charge in [0.1, 0.15) is 11.5 Å². The topological polar surface area (TPSA) is 38.8 Å². The summed E-state index contributed by atoms with van der Waals surface area (Å²) in [6, 6.07) is 5.31. The maximum atomic E-state index is 12.3. The maximum absolute atomic E-state index is 12.3. The van der Waals surface area contributed by atoms with E-state index in [0.717, 1.165) is 11.6 Å². The van der Waals surface area contributed by atoms with E-state index in [1.165, 1.54) is 7.11 Å². The molecule has 1 saturated heterocycles. The summed E-state index contributed by atoms with van der Waals surface area (Å²) in [5, 5.41) is 0. The second kappa shape index (κ2) is 6.56. The number of hydrogen-bond acceptors (Lipinski definition) is 3. The molecule has 114 valence electrons. The van der Waals surface area contributed by atoms with Gasteiger partial charge in [0.2, 0.25) is 5.91 Å². The lowest BCUT2D eigenvalue weighted by molar-refractivity contribution is -0.128. The Labute approximate surface area is 121 Å². The van der Waals surface area contributed by atoms with Crippen molar-refractivity contribution in [3.63, 3.8) is 0 Å². The number of likely N-dealkylation sites (tertiary alicyclic amines) is 1. The summed E-state index contributed by atoms with van der Waals surface area (Å²) >= 11 is 0. The van der Waals surface area contributed by atoms with Crippen LogP contribution >= 0.6 is 0 Å². The predicted molar refractivity (Wildman–Crippen MR) is 73.4 cm³/mol. The molecule has 1 amide bonds. The molecule has 1 aliphatic heterocycles. The first-order valence-electron chi connectivity index (χ1n) is 6.55. The van der Waals surface area contributed by atoms with Gasteiger partial charge in [-0.3, -0.25) is 4.79 Å². The maximum Gasteiger partial charge on any atom is 0.266 e. The van der Waals surface area contributed by atoms with Gasteiger partial charge in [-0.05, 0) is 18.2 Å². The average Bonchev–Trinajstić information content (AvgIpc) is 2.78. The smallest absolute Gasteiger partial charge is 0.266 e. The second-order valence-electron chi connectivity index (χ2n) is 4.87. The highest BCUT2D eigenvalue weighted by Gasteiger charge is 2.29. The molecule has 21 heavy (non-hydrogen) atoms. The van der Waals surface area contributed by atoms with E-state index in [1.54, 1.807) is 24.1 Å². The minimum atomic E-state index is -1.74. The van der Waals surface area contributed by atoms with Gasteiger partial charge in [0.25, 0.3) is 6.08 Å². The first-order chi connectivity index (χ1) is 10.0. The molecule has 1 aliphatic rings. The fourth-order valence-electron chi connectivity index (χ4n) is 2.43. The van der Waals surface area contributed by atoms with E-state index >= 15 is 0 Å². The van der Waals surface area contributed by atoms with Crippen molar-refractivity contribution in [3.05, 3.63) is 35.9 Å². The van der Waals surface area contributed by atoms with Crippen LogP contribution in [0.25, 0.3) is 0 Å². The number of carbonyl (C=O) groups is 1. The van der Waals surface area contributed by atoms with Crippen LogP contribution in [0, 0.1) is 5.92 Å². The largest absolute Gasteiger partial charge is 0.497 e. The van der Waals surface area contributed by atoms with Crippen LogP contribution in [-0.2, 0) is 11.3 Å². The Morgan fingerprint density at radius 3 is 2.76 bits per heavy atom. The Bertz CT molecular complexity index is 556. The zero-order chi connectivity index (χ0) is 15.4. The quantitative estimate of drug-likeness (QED) is 0.839. The van der Waals surface area contributed by atoms with Crippen LogP contribution in [0.1, 0.15) is 12.0 Å². The standard InChI is InChI=1S/C15H17F2NO3/c1-20-12-4-3-11(13(7-12)21-2)9-18-8-10(5-14(16)17)6-15(18)19/h3-5,7,10H,6,8-9H2,1-2H3. The molecule has 1 fully saturated rings. The van der Waals surface area contributed by atoms with Crippen LogP contribution in [0.3, 0.4) is 0 Å². The van der Waals surface area contributed by atoms with Crippen molar-refractivity contribution >= 4 is 5.91 Å². The Hall–Kier alpha value is -2.11. The molecule has 0 spiro atoms. The minimum absolute atomic E-state index is 0.121. The fourth-order valence-corrected chi connectivity index (χ4v) is 2.43. The number of ether oxygens (including phenoxy) is 2. The Kier molecular flexibility index (Phi) is 4.77. The van der Waals surface area contributed by atoms with Crippen LogP contribution < -0.4 is 9.47 Å². The van der Waals surface area contributed by atoms with Crippen LogP contribution in [0.2, 0.25) is 0 Å². The molecule has 0 aromatic heterocycles. The lowest BCUT2D eigenvalue weighted by atomic mass is 10.1. The molecule has 1 aromatic carbocycles. The summed E-state index contributed by atoms with van der Waals surface area (Å²) in [5.74, 6) is 0.712. The Morgan fingerprint density at radius 2 is 2.14 bits per heavy atom. The van der Waals surface area contributed by atoms with E-state index in [9.17, 15) is 13.6 Å². The van der Waals surface area contributed by atoms with Gasteiger partial charge in [0, 0.05) is 37.1 Å². The predicted octanol–water partition coefficient (Wildman–Crippen LogP) is 2.83. The highest BCUT2D eigenvalue weighted by atomic mass is 19.3. The van der Waals surface area contributed by atoms with Gasteiger partial charge in [-0.25, -0.2) is 0 Å². The van der Waals surface area contributed by atoms with Crippen molar-refractivity contribution in [2.24, 2.45) is 5.92 Å². The van der Waals surface area contributed by atoms with E-state index in [0.29, 0.717) is 24.6 Å². The first-order valence-corrected chi connectivity index (χ1v) is 6.55. The lowest BCUT2D eigenvalue weighted by Crippen LogP contribution is -2.24. The van der Waals surface area contributed by atoms with E-state index in [4.69, 9.17) is 9.47 Å². The molecule has 0 aliphatic carbocycles. The minimum Gasteiger partial charge on any atom is -0.497 e. The van der Waals surface area contributed by atoms with Gasteiger partial charge in [-0.2, -0.15) is 8.78 Å². The summed E-state index contributed by atoms with van der Waals surface area (Å²) < 4.78 is 34.9.